The van der Waals surface area contributed by atoms with E-state index in [-0.39, 0.29) is 35.4 Å². The van der Waals surface area contributed by atoms with Crippen molar-refractivity contribution < 1.29 is 34.8 Å². The Bertz CT molecular complexity index is 1570. The van der Waals surface area contributed by atoms with E-state index in [4.69, 9.17) is 11.6 Å². The highest BCUT2D eigenvalue weighted by Crippen LogP contribution is 2.32. The van der Waals surface area contributed by atoms with Crippen molar-refractivity contribution in [3.05, 3.63) is 83.4 Å². The normalized spacial score (nSPS) is 15.6. The monoisotopic (exact) mass is 601 g/mol. The zero-order valence-electron chi connectivity index (χ0n) is 20.2. The van der Waals surface area contributed by atoms with Crippen molar-refractivity contribution >= 4 is 48.7 Å². The van der Waals surface area contributed by atoms with Gasteiger partial charge in [-0.15, -0.1) is 0 Å². The summed E-state index contributed by atoms with van der Waals surface area (Å²) < 4.78 is 90.3. The van der Waals surface area contributed by atoms with Crippen molar-refractivity contribution in [3.8, 4) is 0 Å². The minimum atomic E-state index is -5.49. The summed E-state index contributed by atoms with van der Waals surface area (Å²) in [4.78, 5) is 11.7. The number of carbonyl (C=O) groups excluding carboxylic acids is 1. The number of alkyl halides is 3. The predicted octanol–water partition coefficient (Wildman–Crippen LogP) is 5.15. The summed E-state index contributed by atoms with van der Waals surface area (Å²) >= 11 is 5.86. The Kier molecular flexibility index (Phi) is 8.26. The Morgan fingerprint density at radius 1 is 0.897 bits per heavy atom. The first-order chi connectivity index (χ1) is 18.3. The molecule has 0 bridgehead atoms. The number of sulfone groups is 1. The first kappa shape index (κ1) is 28.9. The summed E-state index contributed by atoms with van der Waals surface area (Å²) in [6.45, 7) is 0.194. The highest BCUT2D eigenvalue weighted by Gasteiger charge is 2.47. The summed E-state index contributed by atoms with van der Waals surface area (Å²) in [6, 6.07) is 16.3. The van der Waals surface area contributed by atoms with Crippen LogP contribution >= 0.6 is 11.6 Å². The highest BCUT2D eigenvalue weighted by molar-refractivity contribution is 7.92. The van der Waals surface area contributed by atoms with E-state index in [1.165, 1.54) is 40.7 Å². The molecule has 208 valence electrons. The lowest BCUT2D eigenvalue weighted by molar-refractivity contribution is -0.0436. The van der Waals surface area contributed by atoms with Crippen LogP contribution < -0.4 is 10.6 Å². The van der Waals surface area contributed by atoms with Crippen LogP contribution in [0.25, 0.3) is 0 Å². The molecule has 1 aliphatic rings. The molecule has 1 aliphatic heterocycles. The molecule has 39 heavy (non-hydrogen) atoms. The number of rotatable bonds is 7. The van der Waals surface area contributed by atoms with E-state index in [2.05, 4.69) is 10.6 Å². The molecule has 1 saturated heterocycles. The topological polar surface area (TPSA) is 113 Å². The van der Waals surface area contributed by atoms with Gasteiger partial charge in [0.15, 0.2) is 0 Å². The minimum absolute atomic E-state index is 0.0798. The average molecular weight is 602 g/mol. The second-order valence-electron chi connectivity index (χ2n) is 8.76. The Hall–Kier alpha value is -3.13. The predicted molar refractivity (Wildman–Crippen MR) is 141 cm³/mol. The average Bonchev–Trinajstić information content (AvgIpc) is 2.89. The highest BCUT2D eigenvalue weighted by atomic mass is 35.5. The molecule has 14 heteroatoms. The van der Waals surface area contributed by atoms with Crippen molar-refractivity contribution in [3.63, 3.8) is 0 Å². The first-order valence-electron chi connectivity index (χ1n) is 11.6. The number of halogens is 4. The molecule has 4 rings (SSSR count). The van der Waals surface area contributed by atoms with E-state index >= 15 is 0 Å². The van der Waals surface area contributed by atoms with E-state index in [1.807, 2.05) is 0 Å². The third-order valence-electron chi connectivity index (χ3n) is 6.13. The fourth-order valence-corrected chi connectivity index (χ4v) is 6.64. The smallest absolute Gasteiger partial charge is 0.382 e. The first-order valence-corrected chi connectivity index (χ1v) is 14.9. The van der Waals surface area contributed by atoms with Crippen LogP contribution in [0.5, 0.6) is 0 Å². The fourth-order valence-electron chi connectivity index (χ4n) is 4.09. The third-order valence-corrected chi connectivity index (χ3v) is 9.83. The molecule has 1 fully saturated rings. The molecule has 2 N–H and O–H groups in total. The number of hydrogen-bond acceptors (Lipinski definition) is 6. The van der Waals surface area contributed by atoms with E-state index in [0.717, 1.165) is 12.1 Å². The van der Waals surface area contributed by atoms with Crippen molar-refractivity contribution in [1.29, 1.82) is 0 Å². The van der Waals surface area contributed by atoms with Gasteiger partial charge in [0.1, 0.15) is 4.90 Å². The number of anilines is 2. The molecule has 0 aromatic heterocycles. The van der Waals surface area contributed by atoms with Crippen LogP contribution in [-0.4, -0.2) is 51.7 Å². The second-order valence-corrected chi connectivity index (χ2v) is 13.0. The van der Waals surface area contributed by atoms with Gasteiger partial charge in [0.25, 0.3) is 15.7 Å². The summed E-state index contributed by atoms with van der Waals surface area (Å²) in [6.07, 6.45) is 0.629. The van der Waals surface area contributed by atoms with Crippen molar-refractivity contribution in [2.75, 3.05) is 23.7 Å². The zero-order chi connectivity index (χ0) is 28.4. The third kappa shape index (κ3) is 6.38. The quantitative estimate of drug-likeness (QED) is 0.387. The zero-order valence-corrected chi connectivity index (χ0v) is 22.5. The summed E-state index contributed by atoms with van der Waals surface area (Å²) in [7, 11) is -9.49. The van der Waals surface area contributed by atoms with Crippen LogP contribution in [0.15, 0.2) is 82.6 Å². The van der Waals surface area contributed by atoms with Crippen LogP contribution in [0.4, 0.5) is 24.5 Å². The number of piperidine rings is 1. The van der Waals surface area contributed by atoms with Crippen LogP contribution in [0, 0.1) is 0 Å². The molecule has 0 atom stereocenters. The van der Waals surface area contributed by atoms with Crippen LogP contribution in [0.3, 0.4) is 0 Å². The summed E-state index contributed by atoms with van der Waals surface area (Å²) in [5.41, 5.74) is -4.83. The molecule has 3 aromatic rings. The molecule has 0 radical (unpaired) electrons. The van der Waals surface area contributed by atoms with Gasteiger partial charge in [-0.1, -0.05) is 29.8 Å². The SMILES string of the molecule is O=C(Nc1ccccc1S(=O)(=O)N1CCC(Nc2cccc(S(=O)(=O)C(F)(F)F)c2)CC1)c1ccc(Cl)cc1. The van der Waals surface area contributed by atoms with Gasteiger partial charge in [-0.25, -0.2) is 16.8 Å². The maximum atomic E-state index is 13.4. The summed E-state index contributed by atoms with van der Waals surface area (Å²) in [5, 5.41) is 6.08. The van der Waals surface area contributed by atoms with Gasteiger partial charge in [-0.2, -0.15) is 17.5 Å². The number of hydrogen-bond donors (Lipinski definition) is 2. The number of amides is 1. The number of nitrogens with zero attached hydrogens (tertiary/aromatic N) is 1. The van der Waals surface area contributed by atoms with Gasteiger partial charge in [-0.05, 0) is 67.4 Å². The maximum Gasteiger partial charge on any atom is 0.501 e. The minimum Gasteiger partial charge on any atom is -0.382 e. The molecular weight excluding hydrogens is 579 g/mol. The molecule has 1 amide bonds. The Balaban J connectivity index is 1.44. The van der Waals surface area contributed by atoms with E-state index in [1.54, 1.807) is 24.3 Å². The van der Waals surface area contributed by atoms with Gasteiger partial charge in [0, 0.05) is 35.4 Å². The fraction of sp³-hybridized carbons (Fsp3) is 0.240. The van der Waals surface area contributed by atoms with Gasteiger partial charge in [0.2, 0.25) is 10.0 Å². The largest absolute Gasteiger partial charge is 0.501 e. The molecule has 8 nitrogen and oxygen atoms in total. The number of carbonyl (C=O) groups is 1. The van der Waals surface area contributed by atoms with Crippen LogP contribution in [0.1, 0.15) is 23.2 Å². The Morgan fingerprint density at radius 3 is 2.18 bits per heavy atom. The van der Waals surface area contributed by atoms with Crippen LogP contribution in [0.2, 0.25) is 5.02 Å². The lowest BCUT2D eigenvalue weighted by atomic mass is 10.1. The van der Waals surface area contributed by atoms with E-state index in [0.29, 0.717) is 23.4 Å². The number of benzene rings is 3. The lowest BCUT2D eigenvalue weighted by Gasteiger charge is -2.32. The van der Waals surface area contributed by atoms with Crippen molar-refractivity contribution in [1.82, 2.24) is 4.31 Å². The van der Waals surface area contributed by atoms with Gasteiger partial charge in [0.05, 0.1) is 10.6 Å². The van der Waals surface area contributed by atoms with Crippen molar-refractivity contribution in [2.45, 2.75) is 34.2 Å². The molecule has 0 aliphatic carbocycles. The molecule has 1 heterocycles. The molecule has 0 unspecified atom stereocenters. The molecule has 0 spiro atoms. The molecule has 0 saturated carbocycles. The standard InChI is InChI=1S/C25H23ClF3N3O5S2/c26-18-10-8-17(9-11-18)24(33)31-22-6-1-2-7-23(22)39(36,37)32-14-12-19(13-15-32)30-20-4-3-5-21(16-20)38(34,35)25(27,28)29/h1-11,16,19,30H,12-15H2,(H,31,33). The summed E-state index contributed by atoms with van der Waals surface area (Å²) in [5.74, 6) is -0.507. The Morgan fingerprint density at radius 2 is 1.54 bits per heavy atom. The molecule has 3 aromatic carbocycles. The van der Waals surface area contributed by atoms with E-state index < -0.39 is 36.2 Å². The van der Waals surface area contributed by atoms with Crippen LogP contribution in [-0.2, 0) is 19.9 Å². The Labute approximate surface area is 228 Å². The van der Waals surface area contributed by atoms with Gasteiger partial charge in [-0.3, -0.25) is 4.79 Å². The number of sulfonamides is 1. The van der Waals surface area contributed by atoms with Gasteiger partial charge >= 0.3 is 5.51 Å². The van der Waals surface area contributed by atoms with Crippen molar-refractivity contribution in [2.24, 2.45) is 0 Å². The van der Waals surface area contributed by atoms with E-state index in [9.17, 15) is 34.8 Å². The van der Waals surface area contributed by atoms with Gasteiger partial charge < -0.3 is 10.6 Å². The second kappa shape index (κ2) is 11.2. The maximum absolute atomic E-state index is 13.4. The lowest BCUT2D eigenvalue weighted by Crippen LogP contribution is -2.42. The molecular formula is C25H23ClF3N3O5S2. The number of para-hydroxylation sites is 1. The number of nitrogens with one attached hydrogen (secondary N) is 2.